The molecule has 0 heterocycles. The van der Waals surface area contributed by atoms with Crippen LogP contribution in [0.1, 0.15) is 11.1 Å². The molecule has 3 rings (SSSR count). The van der Waals surface area contributed by atoms with Crippen LogP contribution in [-0.2, 0) is 16.6 Å². The van der Waals surface area contributed by atoms with Crippen molar-refractivity contribution in [1.29, 1.82) is 0 Å². The van der Waals surface area contributed by atoms with Gasteiger partial charge in [0.1, 0.15) is 0 Å². The first kappa shape index (κ1) is 17.7. The van der Waals surface area contributed by atoms with E-state index in [9.17, 15) is 8.42 Å². The van der Waals surface area contributed by atoms with Gasteiger partial charge in [-0.2, -0.15) is 0 Å². The standard InChI is InChI=1S/C20H18BrNO2S/c1-16-6-5-9-19(14-16)22(15-17-7-3-2-4-8-17)25(23,24)20-12-10-18(21)11-13-20/h2-14H,15H2,1H3. The van der Waals surface area contributed by atoms with Crippen LogP contribution in [0.25, 0.3) is 0 Å². The Hall–Kier alpha value is -2.11. The van der Waals surface area contributed by atoms with Gasteiger partial charge in [-0.3, -0.25) is 4.31 Å². The quantitative estimate of drug-likeness (QED) is 0.577. The van der Waals surface area contributed by atoms with E-state index in [1.807, 2.05) is 61.5 Å². The van der Waals surface area contributed by atoms with Crippen LogP contribution in [0.2, 0.25) is 0 Å². The molecule has 3 aromatic carbocycles. The maximum absolute atomic E-state index is 13.3. The minimum absolute atomic E-state index is 0.271. The summed E-state index contributed by atoms with van der Waals surface area (Å²) in [6.07, 6.45) is 0. The van der Waals surface area contributed by atoms with Gasteiger partial charge in [-0.05, 0) is 54.4 Å². The van der Waals surface area contributed by atoms with Crippen LogP contribution in [0.15, 0.2) is 88.2 Å². The number of benzene rings is 3. The Labute approximate surface area is 157 Å². The lowest BCUT2D eigenvalue weighted by molar-refractivity contribution is 0.590. The van der Waals surface area contributed by atoms with E-state index in [-0.39, 0.29) is 11.4 Å². The molecule has 0 atom stereocenters. The summed E-state index contributed by atoms with van der Waals surface area (Å²) >= 11 is 3.35. The molecule has 128 valence electrons. The number of sulfonamides is 1. The van der Waals surface area contributed by atoms with Gasteiger partial charge in [-0.25, -0.2) is 8.42 Å². The summed E-state index contributed by atoms with van der Waals surface area (Å²) in [5.41, 5.74) is 2.61. The zero-order chi connectivity index (χ0) is 17.9. The molecule has 0 N–H and O–H groups in total. The zero-order valence-corrected chi connectivity index (χ0v) is 16.2. The van der Waals surface area contributed by atoms with Crippen molar-refractivity contribution in [2.75, 3.05) is 4.31 Å². The lowest BCUT2D eigenvalue weighted by Gasteiger charge is -2.25. The fraction of sp³-hybridized carbons (Fsp3) is 0.100. The summed E-state index contributed by atoms with van der Waals surface area (Å²) in [7, 11) is -3.67. The van der Waals surface area contributed by atoms with Gasteiger partial charge in [-0.1, -0.05) is 58.4 Å². The molecule has 0 saturated heterocycles. The van der Waals surface area contributed by atoms with Gasteiger partial charge in [0.05, 0.1) is 17.1 Å². The Bertz CT molecular complexity index is 955. The van der Waals surface area contributed by atoms with E-state index in [2.05, 4.69) is 15.9 Å². The predicted molar refractivity (Wildman–Crippen MR) is 105 cm³/mol. The molecule has 3 nitrogen and oxygen atoms in total. The second-order valence-corrected chi connectivity index (χ2v) is 8.57. The maximum atomic E-state index is 13.3. The molecule has 0 radical (unpaired) electrons. The molecule has 0 aromatic heterocycles. The Kier molecular flexibility index (Phi) is 5.25. The molecule has 0 unspecified atom stereocenters. The summed E-state index contributed by atoms with van der Waals surface area (Å²) in [5, 5.41) is 0. The second-order valence-electron chi connectivity index (χ2n) is 5.79. The van der Waals surface area contributed by atoms with Gasteiger partial charge in [0.25, 0.3) is 10.0 Å². The third kappa shape index (κ3) is 4.11. The highest BCUT2D eigenvalue weighted by molar-refractivity contribution is 9.10. The van der Waals surface area contributed by atoms with Crippen molar-refractivity contribution in [1.82, 2.24) is 0 Å². The van der Waals surface area contributed by atoms with E-state index in [0.717, 1.165) is 15.6 Å². The van der Waals surface area contributed by atoms with E-state index < -0.39 is 10.0 Å². The first-order valence-electron chi connectivity index (χ1n) is 7.86. The lowest BCUT2D eigenvalue weighted by Crippen LogP contribution is -2.30. The number of hydrogen-bond acceptors (Lipinski definition) is 2. The molecule has 0 aliphatic rings. The largest absolute Gasteiger partial charge is 0.264 e. The number of hydrogen-bond donors (Lipinski definition) is 0. The van der Waals surface area contributed by atoms with Crippen LogP contribution in [0.5, 0.6) is 0 Å². The van der Waals surface area contributed by atoms with Gasteiger partial charge in [0, 0.05) is 4.47 Å². The molecular formula is C20H18BrNO2S. The normalized spacial score (nSPS) is 11.3. The highest BCUT2D eigenvalue weighted by atomic mass is 79.9. The van der Waals surface area contributed by atoms with E-state index in [0.29, 0.717) is 5.69 Å². The van der Waals surface area contributed by atoms with Crippen LogP contribution in [0, 0.1) is 6.92 Å². The van der Waals surface area contributed by atoms with Crippen molar-refractivity contribution in [3.05, 3.63) is 94.5 Å². The zero-order valence-electron chi connectivity index (χ0n) is 13.8. The van der Waals surface area contributed by atoms with Crippen LogP contribution >= 0.6 is 15.9 Å². The number of halogens is 1. The Morgan fingerprint density at radius 2 is 1.56 bits per heavy atom. The predicted octanol–water partition coefficient (Wildman–Crippen LogP) is 5.15. The van der Waals surface area contributed by atoms with Crippen LogP contribution in [0.4, 0.5) is 5.69 Å². The molecule has 0 aliphatic heterocycles. The fourth-order valence-corrected chi connectivity index (χ4v) is 4.29. The summed E-state index contributed by atoms with van der Waals surface area (Å²) in [5.74, 6) is 0. The SMILES string of the molecule is Cc1cccc(N(Cc2ccccc2)S(=O)(=O)c2ccc(Br)cc2)c1. The first-order valence-corrected chi connectivity index (χ1v) is 10.1. The number of anilines is 1. The van der Waals surface area contributed by atoms with Crippen molar-refractivity contribution in [2.45, 2.75) is 18.4 Å². The molecule has 0 aliphatic carbocycles. The maximum Gasteiger partial charge on any atom is 0.264 e. The number of nitrogens with zero attached hydrogens (tertiary/aromatic N) is 1. The lowest BCUT2D eigenvalue weighted by atomic mass is 10.2. The third-order valence-electron chi connectivity index (χ3n) is 3.86. The van der Waals surface area contributed by atoms with Crippen molar-refractivity contribution in [3.63, 3.8) is 0 Å². The van der Waals surface area contributed by atoms with Gasteiger partial charge in [0.15, 0.2) is 0 Å². The van der Waals surface area contributed by atoms with Crippen molar-refractivity contribution < 1.29 is 8.42 Å². The third-order valence-corrected chi connectivity index (χ3v) is 6.18. The topological polar surface area (TPSA) is 37.4 Å². The van der Waals surface area contributed by atoms with Gasteiger partial charge in [0.2, 0.25) is 0 Å². The molecule has 0 amide bonds. The van der Waals surface area contributed by atoms with Crippen molar-refractivity contribution in [2.24, 2.45) is 0 Å². The highest BCUT2D eigenvalue weighted by Crippen LogP contribution is 2.27. The van der Waals surface area contributed by atoms with Crippen LogP contribution in [0.3, 0.4) is 0 Å². The van der Waals surface area contributed by atoms with E-state index in [4.69, 9.17) is 0 Å². The first-order chi connectivity index (χ1) is 12.0. The van der Waals surface area contributed by atoms with Gasteiger partial charge >= 0.3 is 0 Å². The summed E-state index contributed by atoms with van der Waals surface area (Å²) in [6, 6.07) is 23.9. The molecule has 0 saturated carbocycles. The van der Waals surface area contributed by atoms with E-state index >= 15 is 0 Å². The monoisotopic (exact) mass is 415 g/mol. The van der Waals surface area contributed by atoms with E-state index in [1.54, 1.807) is 24.3 Å². The molecule has 25 heavy (non-hydrogen) atoms. The van der Waals surface area contributed by atoms with Crippen LogP contribution in [-0.4, -0.2) is 8.42 Å². The smallest absolute Gasteiger partial charge is 0.262 e. The van der Waals surface area contributed by atoms with Crippen molar-refractivity contribution >= 4 is 31.6 Å². The van der Waals surface area contributed by atoms with Crippen LogP contribution < -0.4 is 4.31 Å². The Morgan fingerprint density at radius 1 is 0.880 bits per heavy atom. The summed E-state index contributed by atoms with van der Waals surface area (Å²) in [4.78, 5) is 0.271. The van der Waals surface area contributed by atoms with Crippen molar-refractivity contribution in [3.8, 4) is 0 Å². The highest BCUT2D eigenvalue weighted by Gasteiger charge is 2.25. The second kappa shape index (κ2) is 7.42. The molecular weight excluding hydrogens is 398 g/mol. The van der Waals surface area contributed by atoms with E-state index in [1.165, 1.54) is 4.31 Å². The Balaban J connectivity index is 2.08. The Morgan fingerprint density at radius 3 is 2.20 bits per heavy atom. The fourth-order valence-electron chi connectivity index (χ4n) is 2.58. The van der Waals surface area contributed by atoms with Gasteiger partial charge < -0.3 is 0 Å². The minimum Gasteiger partial charge on any atom is -0.262 e. The van der Waals surface area contributed by atoms with Gasteiger partial charge in [-0.15, -0.1) is 0 Å². The molecule has 0 bridgehead atoms. The minimum atomic E-state index is -3.67. The molecule has 0 fully saturated rings. The molecule has 0 spiro atoms. The average molecular weight is 416 g/mol. The molecule has 3 aromatic rings. The molecule has 5 heteroatoms. The summed E-state index contributed by atoms with van der Waals surface area (Å²) in [6.45, 7) is 2.24. The number of aryl methyl sites for hydroxylation is 1. The average Bonchev–Trinajstić information content (AvgIpc) is 2.61. The number of rotatable bonds is 5. The summed E-state index contributed by atoms with van der Waals surface area (Å²) < 4.78 is 28.8.